The molecule has 4 nitrogen and oxygen atoms in total. The Kier molecular flexibility index (Phi) is 5.77. The van der Waals surface area contributed by atoms with Crippen molar-refractivity contribution in [1.82, 2.24) is 15.1 Å². The van der Waals surface area contributed by atoms with Crippen molar-refractivity contribution in [3.8, 4) is 11.5 Å². The van der Waals surface area contributed by atoms with Gasteiger partial charge in [0, 0.05) is 11.0 Å². The summed E-state index contributed by atoms with van der Waals surface area (Å²) in [6, 6.07) is 18.3. The Labute approximate surface area is 150 Å². The van der Waals surface area contributed by atoms with Gasteiger partial charge in [0.25, 0.3) is 0 Å². The van der Waals surface area contributed by atoms with Crippen LogP contribution in [0.5, 0.6) is 0 Å². The van der Waals surface area contributed by atoms with Gasteiger partial charge in [0.05, 0.1) is 12.1 Å². The van der Waals surface area contributed by atoms with Crippen molar-refractivity contribution >= 4 is 15.9 Å². The van der Waals surface area contributed by atoms with Crippen LogP contribution in [-0.4, -0.2) is 21.6 Å². The zero-order valence-electron chi connectivity index (χ0n) is 13.7. The summed E-state index contributed by atoms with van der Waals surface area (Å²) in [5.41, 5.74) is 2.21. The summed E-state index contributed by atoms with van der Waals surface area (Å²) in [5.74, 6) is 1.19. The predicted octanol–water partition coefficient (Wildman–Crippen LogP) is 4.91. The van der Waals surface area contributed by atoms with Crippen LogP contribution in [0, 0.1) is 0 Å². The molecule has 0 aliphatic heterocycles. The van der Waals surface area contributed by atoms with Gasteiger partial charge in [0.2, 0.25) is 11.8 Å². The Morgan fingerprint density at radius 1 is 0.958 bits per heavy atom. The van der Waals surface area contributed by atoms with E-state index in [0.29, 0.717) is 18.3 Å². The molecule has 5 heteroatoms. The molecule has 124 valence electrons. The van der Waals surface area contributed by atoms with Gasteiger partial charge in [-0.05, 0) is 46.6 Å². The second-order valence-corrected chi connectivity index (χ2v) is 6.53. The molecule has 1 aromatic heterocycles. The number of aromatic nitrogens is 2. The number of hydrogen-bond donors (Lipinski definition) is 0. The first kappa shape index (κ1) is 16.9. The fourth-order valence-electron chi connectivity index (χ4n) is 2.62. The van der Waals surface area contributed by atoms with Crippen molar-refractivity contribution in [3.05, 3.63) is 70.5 Å². The van der Waals surface area contributed by atoms with Gasteiger partial charge in [0.15, 0.2) is 0 Å². The highest BCUT2D eigenvalue weighted by molar-refractivity contribution is 9.10. The van der Waals surface area contributed by atoms with E-state index in [2.05, 4.69) is 62.2 Å². The quantitative estimate of drug-likeness (QED) is 0.579. The van der Waals surface area contributed by atoms with Crippen molar-refractivity contribution in [1.29, 1.82) is 0 Å². The molecular weight excluding hydrogens is 366 g/mol. The maximum atomic E-state index is 5.87. The van der Waals surface area contributed by atoms with E-state index in [1.54, 1.807) is 0 Å². The van der Waals surface area contributed by atoms with Crippen molar-refractivity contribution in [2.75, 3.05) is 6.54 Å². The van der Waals surface area contributed by atoms with E-state index in [9.17, 15) is 0 Å². The highest BCUT2D eigenvalue weighted by Crippen LogP contribution is 2.27. The largest absolute Gasteiger partial charge is 0.419 e. The van der Waals surface area contributed by atoms with Gasteiger partial charge >= 0.3 is 0 Å². The molecule has 0 amide bonds. The Morgan fingerprint density at radius 2 is 1.71 bits per heavy atom. The van der Waals surface area contributed by atoms with Gasteiger partial charge < -0.3 is 4.42 Å². The third kappa shape index (κ3) is 4.30. The molecule has 0 atom stereocenters. The molecule has 0 N–H and O–H groups in total. The summed E-state index contributed by atoms with van der Waals surface area (Å²) in [4.78, 5) is 2.33. The van der Waals surface area contributed by atoms with Crippen LogP contribution in [0.3, 0.4) is 0 Å². The molecule has 0 saturated heterocycles. The predicted molar refractivity (Wildman–Crippen MR) is 98.3 cm³/mol. The summed E-state index contributed by atoms with van der Waals surface area (Å²) in [7, 11) is 0. The van der Waals surface area contributed by atoms with Crippen LogP contribution in [0.1, 0.15) is 24.8 Å². The van der Waals surface area contributed by atoms with Gasteiger partial charge in [0.1, 0.15) is 0 Å². The van der Waals surface area contributed by atoms with Crippen LogP contribution in [0.25, 0.3) is 11.5 Å². The third-order valence-corrected chi connectivity index (χ3v) is 4.41. The zero-order chi connectivity index (χ0) is 16.8. The molecule has 0 spiro atoms. The minimum absolute atomic E-state index is 0.550. The molecule has 24 heavy (non-hydrogen) atoms. The molecule has 1 heterocycles. The highest BCUT2D eigenvalue weighted by Gasteiger charge is 2.14. The van der Waals surface area contributed by atoms with Crippen LogP contribution >= 0.6 is 15.9 Å². The molecule has 0 radical (unpaired) electrons. The van der Waals surface area contributed by atoms with E-state index < -0.39 is 0 Å². The molecule has 3 rings (SSSR count). The van der Waals surface area contributed by atoms with Crippen LogP contribution in [-0.2, 0) is 13.1 Å². The Bertz CT molecular complexity index is 773. The summed E-state index contributed by atoms with van der Waals surface area (Å²) < 4.78 is 6.82. The van der Waals surface area contributed by atoms with Crippen molar-refractivity contribution in [3.63, 3.8) is 0 Å². The summed E-state index contributed by atoms with van der Waals surface area (Å²) in [5, 5.41) is 8.41. The minimum atomic E-state index is 0.550. The number of halogens is 1. The first-order valence-electron chi connectivity index (χ1n) is 8.10. The van der Waals surface area contributed by atoms with Crippen LogP contribution in [0.2, 0.25) is 0 Å². The smallest absolute Gasteiger partial charge is 0.248 e. The SMILES string of the molecule is CCCN(Cc1ccccc1)Cc1nnc(-c2ccccc2Br)o1. The third-order valence-electron chi connectivity index (χ3n) is 3.72. The standard InChI is InChI=1S/C19H20BrN3O/c1-2-12-23(13-15-8-4-3-5-9-15)14-18-21-22-19(24-18)16-10-6-7-11-17(16)20/h3-11H,2,12-14H2,1H3. The summed E-state index contributed by atoms with van der Waals surface area (Å²) in [6.07, 6.45) is 1.08. The molecule has 2 aromatic carbocycles. The minimum Gasteiger partial charge on any atom is -0.419 e. The first-order valence-corrected chi connectivity index (χ1v) is 8.89. The van der Waals surface area contributed by atoms with Crippen molar-refractivity contribution < 1.29 is 4.42 Å². The van der Waals surface area contributed by atoms with Gasteiger partial charge in [-0.3, -0.25) is 4.90 Å². The number of benzene rings is 2. The fraction of sp³-hybridized carbons (Fsp3) is 0.263. The lowest BCUT2D eigenvalue weighted by Gasteiger charge is -2.19. The van der Waals surface area contributed by atoms with E-state index in [0.717, 1.165) is 29.5 Å². The summed E-state index contributed by atoms with van der Waals surface area (Å²) >= 11 is 3.52. The number of rotatable bonds is 7. The highest BCUT2D eigenvalue weighted by atomic mass is 79.9. The normalized spacial score (nSPS) is 11.1. The molecule has 0 unspecified atom stereocenters. The van der Waals surface area contributed by atoms with E-state index in [1.807, 2.05) is 30.3 Å². The average Bonchev–Trinajstić information content (AvgIpc) is 3.05. The van der Waals surface area contributed by atoms with E-state index in [1.165, 1.54) is 5.56 Å². The second kappa shape index (κ2) is 8.22. The molecule has 3 aromatic rings. The van der Waals surface area contributed by atoms with Gasteiger partial charge in [-0.2, -0.15) is 0 Å². The average molecular weight is 386 g/mol. The Balaban J connectivity index is 1.73. The molecule has 0 aliphatic rings. The van der Waals surface area contributed by atoms with E-state index in [4.69, 9.17) is 4.42 Å². The number of hydrogen-bond acceptors (Lipinski definition) is 4. The van der Waals surface area contributed by atoms with Crippen LogP contribution in [0.15, 0.2) is 63.5 Å². The fourth-order valence-corrected chi connectivity index (χ4v) is 3.08. The van der Waals surface area contributed by atoms with Gasteiger partial charge in [-0.25, -0.2) is 0 Å². The van der Waals surface area contributed by atoms with Crippen LogP contribution < -0.4 is 0 Å². The zero-order valence-corrected chi connectivity index (χ0v) is 15.2. The molecule has 0 aliphatic carbocycles. The maximum absolute atomic E-state index is 5.87. The topological polar surface area (TPSA) is 42.2 Å². The van der Waals surface area contributed by atoms with Gasteiger partial charge in [-0.15, -0.1) is 10.2 Å². The lowest BCUT2D eigenvalue weighted by molar-refractivity contribution is 0.232. The van der Waals surface area contributed by atoms with Crippen molar-refractivity contribution in [2.45, 2.75) is 26.4 Å². The lowest BCUT2D eigenvalue weighted by atomic mass is 10.2. The monoisotopic (exact) mass is 385 g/mol. The van der Waals surface area contributed by atoms with Crippen molar-refractivity contribution in [2.24, 2.45) is 0 Å². The Hall–Kier alpha value is -1.98. The molecule has 0 saturated carbocycles. The van der Waals surface area contributed by atoms with Crippen LogP contribution in [0.4, 0.5) is 0 Å². The lowest BCUT2D eigenvalue weighted by Crippen LogP contribution is -2.23. The first-order chi connectivity index (χ1) is 11.8. The molecule has 0 bridgehead atoms. The van der Waals surface area contributed by atoms with E-state index in [-0.39, 0.29) is 0 Å². The van der Waals surface area contributed by atoms with E-state index >= 15 is 0 Å². The second-order valence-electron chi connectivity index (χ2n) is 5.68. The Morgan fingerprint density at radius 3 is 2.46 bits per heavy atom. The molecular formula is C19H20BrN3O. The summed E-state index contributed by atoms with van der Waals surface area (Å²) in [6.45, 7) is 4.70. The van der Waals surface area contributed by atoms with Gasteiger partial charge in [-0.1, -0.05) is 49.4 Å². The molecule has 0 fully saturated rings. The number of nitrogens with zero attached hydrogens (tertiary/aromatic N) is 3. The maximum Gasteiger partial charge on any atom is 0.248 e.